The third-order valence-electron chi connectivity index (χ3n) is 2.62. The normalized spacial score (nSPS) is 26.9. The van der Waals surface area contributed by atoms with E-state index in [1.54, 1.807) is 0 Å². The van der Waals surface area contributed by atoms with Crippen molar-refractivity contribution in [1.29, 1.82) is 0 Å². The quantitative estimate of drug-likeness (QED) is 0.732. The van der Waals surface area contributed by atoms with Crippen LogP contribution in [0.4, 0.5) is 8.78 Å². The average molecular weight is 206 g/mol. The molecule has 1 fully saturated rings. The van der Waals surface area contributed by atoms with Gasteiger partial charge < -0.3 is 10.2 Å². The Hall–Kier alpha value is -0.710. The molecule has 1 saturated heterocycles. The van der Waals surface area contributed by atoms with Gasteiger partial charge in [0.15, 0.2) is 0 Å². The minimum absolute atomic E-state index is 0.140. The molecule has 14 heavy (non-hydrogen) atoms. The Labute approximate surface area is 82.5 Å². The van der Waals surface area contributed by atoms with E-state index in [9.17, 15) is 13.6 Å². The van der Waals surface area contributed by atoms with Crippen LogP contribution < -0.4 is 5.32 Å². The molecule has 2 unspecified atom stereocenters. The maximum Gasteiger partial charge on any atom is 0.255 e. The lowest BCUT2D eigenvalue weighted by Gasteiger charge is -2.22. The fraction of sp³-hybridized carbons (Fsp3) is 0.889. The topological polar surface area (TPSA) is 32.3 Å². The zero-order valence-electron chi connectivity index (χ0n) is 8.46. The lowest BCUT2D eigenvalue weighted by Crippen LogP contribution is -2.38. The van der Waals surface area contributed by atoms with Gasteiger partial charge in [-0.15, -0.1) is 0 Å². The summed E-state index contributed by atoms with van der Waals surface area (Å²) >= 11 is 0. The minimum atomic E-state index is -2.45. The molecule has 0 aliphatic carbocycles. The Bertz CT molecular complexity index is 211. The van der Waals surface area contributed by atoms with Crippen LogP contribution in [-0.4, -0.2) is 43.9 Å². The van der Waals surface area contributed by atoms with E-state index in [1.807, 2.05) is 6.92 Å². The second-order valence-corrected chi connectivity index (χ2v) is 3.85. The number of nitrogens with zero attached hydrogens (tertiary/aromatic N) is 1. The molecule has 1 aliphatic heterocycles. The molecule has 0 aromatic heterocycles. The highest BCUT2D eigenvalue weighted by atomic mass is 19.3. The van der Waals surface area contributed by atoms with Gasteiger partial charge >= 0.3 is 0 Å². The van der Waals surface area contributed by atoms with Gasteiger partial charge in [-0.05, 0) is 12.5 Å². The highest BCUT2D eigenvalue weighted by Crippen LogP contribution is 2.18. The summed E-state index contributed by atoms with van der Waals surface area (Å²) in [5.41, 5.74) is 0. The van der Waals surface area contributed by atoms with Crippen LogP contribution in [0.15, 0.2) is 0 Å². The summed E-state index contributed by atoms with van der Waals surface area (Å²) in [5, 5.41) is 3.08. The fourth-order valence-electron chi connectivity index (χ4n) is 1.72. The summed E-state index contributed by atoms with van der Waals surface area (Å²) in [6, 6.07) is 0. The Morgan fingerprint density at radius 3 is 2.64 bits per heavy atom. The maximum absolute atomic E-state index is 12.0. The molecule has 0 aromatic rings. The maximum atomic E-state index is 12.0. The molecule has 0 aromatic carbocycles. The van der Waals surface area contributed by atoms with Gasteiger partial charge in [0.2, 0.25) is 5.91 Å². The smallest absolute Gasteiger partial charge is 0.255 e. The first kappa shape index (κ1) is 11.4. The molecule has 0 saturated carbocycles. The first-order chi connectivity index (χ1) is 6.52. The first-order valence-corrected chi connectivity index (χ1v) is 4.76. The van der Waals surface area contributed by atoms with Crippen LogP contribution in [0.5, 0.6) is 0 Å². The summed E-state index contributed by atoms with van der Waals surface area (Å²) in [6.45, 7) is 2.88. The standard InChI is InChI=1S/C9H16F2N2O/c1-6-3-12-4-7(6)9(14)13(2)5-8(10)11/h6-8,12H,3-5H2,1-2H3. The van der Waals surface area contributed by atoms with Gasteiger partial charge in [0.25, 0.3) is 6.43 Å². The SMILES string of the molecule is CC1CNCC1C(=O)N(C)CC(F)F. The lowest BCUT2D eigenvalue weighted by atomic mass is 9.97. The van der Waals surface area contributed by atoms with Gasteiger partial charge in [-0.2, -0.15) is 0 Å². The molecule has 82 valence electrons. The summed E-state index contributed by atoms with van der Waals surface area (Å²) in [4.78, 5) is 12.8. The highest BCUT2D eigenvalue weighted by Gasteiger charge is 2.32. The van der Waals surface area contributed by atoms with Crippen LogP contribution in [0.2, 0.25) is 0 Å². The molecule has 0 bridgehead atoms. The Morgan fingerprint density at radius 2 is 2.21 bits per heavy atom. The molecule has 2 atom stereocenters. The van der Waals surface area contributed by atoms with Crippen molar-refractivity contribution in [2.75, 3.05) is 26.7 Å². The molecule has 1 N–H and O–H groups in total. The van der Waals surface area contributed by atoms with E-state index >= 15 is 0 Å². The molecule has 1 aliphatic rings. The average Bonchev–Trinajstić information content (AvgIpc) is 2.48. The number of nitrogens with one attached hydrogen (secondary N) is 1. The summed E-state index contributed by atoms with van der Waals surface area (Å²) in [5.74, 6) is -0.0795. The summed E-state index contributed by atoms with van der Waals surface area (Å²) in [7, 11) is 1.43. The van der Waals surface area contributed by atoms with Gasteiger partial charge in [-0.3, -0.25) is 4.79 Å². The molecular weight excluding hydrogens is 190 g/mol. The molecule has 5 heteroatoms. The predicted molar refractivity (Wildman–Crippen MR) is 49.2 cm³/mol. The third-order valence-corrected chi connectivity index (χ3v) is 2.62. The molecular formula is C9H16F2N2O. The molecule has 0 radical (unpaired) electrons. The third kappa shape index (κ3) is 2.64. The van der Waals surface area contributed by atoms with Crippen molar-refractivity contribution in [3.05, 3.63) is 0 Å². The van der Waals surface area contributed by atoms with Crippen molar-refractivity contribution in [2.45, 2.75) is 13.3 Å². The van der Waals surface area contributed by atoms with Crippen LogP contribution in [0, 0.1) is 11.8 Å². The number of hydrogen-bond acceptors (Lipinski definition) is 2. The monoisotopic (exact) mass is 206 g/mol. The van der Waals surface area contributed by atoms with Crippen LogP contribution in [0.3, 0.4) is 0 Å². The van der Waals surface area contributed by atoms with Crippen LogP contribution in [-0.2, 0) is 4.79 Å². The predicted octanol–water partition coefficient (Wildman–Crippen LogP) is 0.565. The second kappa shape index (κ2) is 4.68. The Balaban J connectivity index is 2.47. The van der Waals surface area contributed by atoms with Crippen LogP contribution in [0.25, 0.3) is 0 Å². The van der Waals surface area contributed by atoms with Gasteiger partial charge in [-0.1, -0.05) is 6.92 Å². The van der Waals surface area contributed by atoms with Crippen molar-refractivity contribution < 1.29 is 13.6 Å². The van der Waals surface area contributed by atoms with Crippen molar-refractivity contribution in [3.63, 3.8) is 0 Å². The van der Waals surface area contributed by atoms with Gasteiger partial charge in [0, 0.05) is 13.6 Å². The molecule has 3 nitrogen and oxygen atoms in total. The Kier molecular flexibility index (Phi) is 3.80. The number of carbonyl (C=O) groups excluding carboxylic acids is 1. The van der Waals surface area contributed by atoms with E-state index in [1.165, 1.54) is 7.05 Å². The van der Waals surface area contributed by atoms with Crippen molar-refractivity contribution in [2.24, 2.45) is 11.8 Å². The summed E-state index contributed by atoms with van der Waals surface area (Å²) in [6.07, 6.45) is -2.45. The number of halogens is 2. The lowest BCUT2D eigenvalue weighted by molar-refractivity contribution is -0.136. The minimum Gasteiger partial charge on any atom is -0.340 e. The largest absolute Gasteiger partial charge is 0.340 e. The van der Waals surface area contributed by atoms with Gasteiger partial charge in [0.1, 0.15) is 0 Å². The molecule has 1 amide bonds. The van der Waals surface area contributed by atoms with Crippen molar-refractivity contribution >= 4 is 5.91 Å². The molecule has 1 rings (SSSR count). The number of carbonyl (C=O) groups is 1. The van der Waals surface area contributed by atoms with Crippen LogP contribution in [0.1, 0.15) is 6.92 Å². The number of amides is 1. The van der Waals surface area contributed by atoms with Crippen LogP contribution >= 0.6 is 0 Å². The zero-order valence-corrected chi connectivity index (χ0v) is 8.46. The fourth-order valence-corrected chi connectivity index (χ4v) is 1.72. The van der Waals surface area contributed by atoms with E-state index < -0.39 is 13.0 Å². The number of hydrogen-bond donors (Lipinski definition) is 1. The van der Waals surface area contributed by atoms with Crippen molar-refractivity contribution in [3.8, 4) is 0 Å². The molecule has 1 heterocycles. The van der Waals surface area contributed by atoms with Gasteiger partial charge in [0.05, 0.1) is 12.5 Å². The highest BCUT2D eigenvalue weighted by molar-refractivity contribution is 5.79. The van der Waals surface area contributed by atoms with E-state index in [0.717, 1.165) is 11.4 Å². The first-order valence-electron chi connectivity index (χ1n) is 4.76. The van der Waals surface area contributed by atoms with E-state index in [-0.39, 0.29) is 17.7 Å². The summed E-state index contributed by atoms with van der Waals surface area (Å²) < 4.78 is 24.0. The second-order valence-electron chi connectivity index (χ2n) is 3.85. The number of alkyl halides is 2. The Morgan fingerprint density at radius 1 is 1.57 bits per heavy atom. The van der Waals surface area contributed by atoms with E-state index in [2.05, 4.69) is 5.32 Å². The zero-order chi connectivity index (χ0) is 10.7. The van der Waals surface area contributed by atoms with E-state index in [0.29, 0.717) is 6.54 Å². The molecule has 0 spiro atoms. The van der Waals surface area contributed by atoms with Crippen molar-refractivity contribution in [1.82, 2.24) is 10.2 Å². The van der Waals surface area contributed by atoms with Gasteiger partial charge in [-0.25, -0.2) is 8.78 Å². The van der Waals surface area contributed by atoms with E-state index in [4.69, 9.17) is 0 Å². The number of rotatable bonds is 3.